The monoisotopic (exact) mass is 492 g/mol. The van der Waals surface area contributed by atoms with Crippen LogP contribution < -0.4 is 15.8 Å². The average Bonchev–Trinajstić information content (AvgIpc) is 2.88. The number of benzene rings is 1. The number of nitrogen functional groups attached to an aromatic ring is 1. The van der Waals surface area contributed by atoms with Crippen LogP contribution in [0.1, 0.15) is 74.7 Å². The molecule has 2 aliphatic heterocycles. The van der Waals surface area contributed by atoms with Crippen LogP contribution in [0, 0.1) is 11.3 Å². The fraction of sp³-hybridized carbons (Fsp3) is 0.552. The number of hydrogen-bond donors (Lipinski definition) is 2. The van der Waals surface area contributed by atoms with E-state index >= 15 is 0 Å². The summed E-state index contributed by atoms with van der Waals surface area (Å²) in [6, 6.07) is 11.6. The molecule has 4 rings (SSSR count). The maximum absolute atomic E-state index is 13.8. The molecular formula is C29H40N4O3. The number of ether oxygens (including phenoxy) is 1. The van der Waals surface area contributed by atoms with Crippen LogP contribution in [0.4, 0.5) is 5.82 Å². The molecule has 1 spiro atoms. The fourth-order valence-electron chi connectivity index (χ4n) is 5.57. The Balaban J connectivity index is 1.50. The summed E-state index contributed by atoms with van der Waals surface area (Å²) in [7, 11) is 0. The third-order valence-corrected chi connectivity index (χ3v) is 7.66. The summed E-state index contributed by atoms with van der Waals surface area (Å²) in [5, 5.41) is 3.37. The van der Waals surface area contributed by atoms with Gasteiger partial charge in [0.05, 0.1) is 17.0 Å². The number of hydrogen-bond acceptors (Lipinski definition) is 5. The van der Waals surface area contributed by atoms with Gasteiger partial charge < -0.3 is 20.7 Å². The number of rotatable bonds is 3. The maximum atomic E-state index is 13.8. The third kappa shape index (κ3) is 6.18. The molecule has 2 amide bonds. The van der Waals surface area contributed by atoms with Crippen molar-refractivity contribution >= 4 is 17.6 Å². The van der Waals surface area contributed by atoms with E-state index < -0.39 is 5.41 Å². The number of carbonyl (C=O) groups is 2. The standard InChI is InChI=1S/C29H40N4O3/c1-21(2)19-23-20-36-25-12-6-5-10-22(25)9-4-3-7-13-29(28(35)32-23)14-17-33(18-15-29)27(34)24-11-8-16-31-26(24)30/h5-6,8,10-12,16,21,23H,3-4,7,9,13-15,17-20H2,1-2H3,(H2,30,31)(H,32,35)/t23-/m0/s1. The lowest BCUT2D eigenvalue weighted by molar-refractivity contribution is -0.135. The van der Waals surface area contributed by atoms with Gasteiger partial charge in [0.25, 0.3) is 5.91 Å². The zero-order valence-electron chi connectivity index (χ0n) is 21.7. The SMILES string of the molecule is CC(C)C[C@H]1COc2ccccc2CCCCCC2(CCN(C(=O)c3cccnc3N)CC2)C(=O)N1. The molecule has 0 saturated carbocycles. The highest BCUT2D eigenvalue weighted by Gasteiger charge is 2.42. The molecule has 194 valence electrons. The Morgan fingerprint density at radius 3 is 2.67 bits per heavy atom. The van der Waals surface area contributed by atoms with Gasteiger partial charge in [-0.05, 0) is 68.2 Å². The van der Waals surface area contributed by atoms with Crippen molar-refractivity contribution in [3.63, 3.8) is 0 Å². The van der Waals surface area contributed by atoms with Crippen molar-refractivity contribution in [3.05, 3.63) is 53.7 Å². The Labute approximate surface area is 214 Å². The number of piperidine rings is 1. The van der Waals surface area contributed by atoms with E-state index in [0.29, 0.717) is 44.0 Å². The quantitative estimate of drug-likeness (QED) is 0.652. The van der Waals surface area contributed by atoms with Crippen molar-refractivity contribution < 1.29 is 14.3 Å². The van der Waals surface area contributed by atoms with Crippen LogP contribution in [0.5, 0.6) is 5.75 Å². The molecular weight excluding hydrogens is 452 g/mol. The molecule has 1 aromatic heterocycles. The van der Waals surface area contributed by atoms with Gasteiger partial charge in [-0.25, -0.2) is 4.98 Å². The Morgan fingerprint density at radius 2 is 1.92 bits per heavy atom. The first kappa shape index (κ1) is 26.0. The van der Waals surface area contributed by atoms with Crippen LogP contribution >= 0.6 is 0 Å². The van der Waals surface area contributed by atoms with Gasteiger partial charge in [0.2, 0.25) is 5.91 Å². The Kier molecular flexibility index (Phi) is 8.49. The Bertz CT molecular complexity index is 1050. The summed E-state index contributed by atoms with van der Waals surface area (Å²) in [4.78, 5) is 32.8. The zero-order valence-corrected chi connectivity index (χ0v) is 21.7. The number of nitrogens with zero attached hydrogens (tertiary/aromatic N) is 2. The number of carbonyl (C=O) groups excluding carboxylic acids is 2. The van der Waals surface area contributed by atoms with E-state index in [9.17, 15) is 9.59 Å². The number of pyridine rings is 1. The van der Waals surface area contributed by atoms with Gasteiger partial charge in [-0.2, -0.15) is 0 Å². The molecule has 3 N–H and O–H groups in total. The Morgan fingerprint density at radius 1 is 1.14 bits per heavy atom. The van der Waals surface area contributed by atoms with E-state index in [-0.39, 0.29) is 23.7 Å². The number of amides is 2. The number of nitrogens with one attached hydrogen (secondary N) is 1. The van der Waals surface area contributed by atoms with Gasteiger partial charge in [-0.1, -0.05) is 44.9 Å². The van der Waals surface area contributed by atoms with E-state index in [2.05, 4.69) is 36.3 Å². The highest BCUT2D eigenvalue weighted by atomic mass is 16.5. The summed E-state index contributed by atoms with van der Waals surface area (Å²) in [6.07, 6.45) is 8.70. The van der Waals surface area contributed by atoms with E-state index in [1.807, 2.05) is 17.0 Å². The zero-order chi connectivity index (χ0) is 25.5. The number of likely N-dealkylation sites (tertiary alicyclic amines) is 1. The van der Waals surface area contributed by atoms with Crippen LogP contribution in [0.15, 0.2) is 42.6 Å². The predicted molar refractivity (Wildman–Crippen MR) is 142 cm³/mol. The summed E-state index contributed by atoms with van der Waals surface area (Å²) in [6.45, 7) is 5.88. The second kappa shape index (κ2) is 11.8. The van der Waals surface area contributed by atoms with Gasteiger partial charge in [0.1, 0.15) is 18.2 Å². The van der Waals surface area contributed by atoms with Gasteiger partial charge in [0.15, 0.2) is 0 Å². The predicted octanol–water partition coefficient (Wildman–Crippen LogP) is 4.61. The summed E-state index contributed by atoms with van der Waals surface area (Å²) >= 11 is 0. The molecule has 1 saturated heterocycles. The van der Waals surface area contributed by atoms with E-state index in [4.69, 9.17) is 10.5 Å². The van der Waals surface area contributed by atoms with E-state index in [1.54, 1.807) is 18.3 Å². The minimum absolute atomic E-state index is 0.0574. The normalized spacial score (nSPS) is 20.9. The molecule has 1 fully saturated rings. The smallest absolute Gasteiger partial charge is 0.257 e. The number of nitrogens with two attached hydrogens (primary N) is 1. The molecule has 0 bridgehead atoms. The van der Waals surface area contributed by atoms with Gasteiger partial charge >= 0.3 is 0 Å². The van der Waals surface area contributed by atoms with Crippen molar-refractivity contribution in [1.82, 2.24) is 15.2 Å². The highest BCUT2D eigenvalue weighted by Crippen LogP contribution is 2.38. The molecule has 3 heterocycles. The fourth-order valence-corrected chi connectivity index (χ4v) is 5.57. The van der Waals surface area contributed by atoms with Gasteiger partial charge in [-0.3, -0.25) is 9.59 Å². The van der Waals surface area contributed by atoms with Crippen LogP contribution in [0.3, 0.4) is 0 Å². The van der Waals surface area contributed by atoms with Crippen molar-refractivity contribution in [1.29, 1.82) is 0 Å². The lowest BCUT2D eigenvalue weighted by Gasteiger charge is -2.41. The molecule has 36 heavy (non-hydrogen) atoms. The Hall–Kier alpha value is -3.09. The highest BCUT2D eigenvalue weighted by molar-refractivity contribution is 5.98. The van der Waals surface area contributed by atoms with Crippen molar-refractivity contribution in [2.75, 3.05) is 25.4 Å². The summed E-state index contributed by atoms with van der Waals surface area (Å²) in [5.74, 6) is 1.61. The minimum atomic E-state index is -0.465. The molecule has 7 nitrogen and oxygen atoms in total. The molecule has 1 aromatic carbocycles. The minimum Gasteiger partial charge on any atom is -0.491 e. The first-order chi connectivity index (χ1) is 17.4. The van der Waals surface area contributed by atoms with E-state index in [0.717, 1.165) is 44.3 Å². The van der Waals surface area contributed by atoms with Crippen molar-refractivity contribution in [3.8, 4) is 5.75 Å². The molecule has 7 heteroatoms. The first-order valence-corrected chi connectivity index (χ1v) is 13.4. The number of fused-ring (bicyclic) bond motifs is 1. The molecule has 2 aliphatic rings. The molecule has 1 atom stereocenters. The lowest BCUT2D eigenvalue weighted by Crippen LogP contribution is -2.53. The third-order valence-electron chi connectivity index (χ3n) is 7.66. The topological polar surface area (TPSA) is 97.6 Å². The maximum Gasteiger partial charge on any atom is 0.257 e. The molecule has 0 unspecified atom stereocenters. The molecule has 2 aromatic rings. The second-order valence-corrected chi connectivity index (χ2v) is 10.8. The number of aromatic nitrogens is 1. The number of aryl methyl sites for hydroxylation is 1. The number of para-hydroxylation sites is 1. The summed E-state index contributed by atoms with van der Waals surface area (Å²) < 4.78 is 6.26. The molecule has 0 aliphatic carbocycles. The summed E-state index contributed by atoms with van der Waals surface area (Å²) in [5.41, 5.74) is 7.15. The largest absolute Gasteiger partial charge is 0.491 e. The molecule has 0 radical (unpaired) electrons. The van der Waals surface area contributed by atoms with Gasteiger partial charge in [-0.15, -0.1) is 0 Å². The van der Waals surface area contributed by atoms with Crippen LogP contribution in [-0.2, 0) is 11.2 Å². The van der Waals surface area contributed by atoms with Crippen LogP contribution in [0.2, 0.25) is 0 Å². The van der Waals surface area contributed by atoms with Crippen LogP contribution in [-0.4, -0.2) is 47.4 Å². The second-order valence-electron chi connectivity index (χ2n) is 10.8. The van der Waals surface area contributed by atoms with Crippen molar-refractivity contribution in [2.24, 2.45) is 11.3 Å². The van der Waals surface area contributed by atoms with Gasteiger partial charge in [0, 0.05) is 19.3 Å². The van der Waals surface area contributed by atoms with E-state index in [1.165, 1.54) is 5.56 Å². The van der Waals surface area contributed by atoms with Crippen molar-refractivity contribution in [2.45, 2.75) is 71.3 Å². The first-order valence-electron chi connectivity index (χ1n) is 13.4. The van der Waals surface area contributed by atoms with Crippen LogP contribution in [0.25, 0.3) is 0 Å². The number of anilines is 1. The average molecular weight is 493 g/mol. The lowest BCUT2D eigenvalue weighted by atomic mass is 9.73.